The zero-order valence-corrected chi connectivity index (χ0v) is 10.4. The Balaban J connectivity index is 3.09. The maximum absolute atomic E-state index is 11.7. The SMILES string of the molecule is CC(C=O)c1ccc(S(=O)(=O)N(C)C)cc1. The topological polar surface area (TPSA) is 54.5 Å². The molecule has 0 fully saturated rings. The van der Waals surface area contributed by atoms with Crippen molar-refractivity contribution in [1.29, 1.82) is 0 Å². The van der Waals surface area contributed by atoms with E-state index in [-0.39, 0.29) is 10.8 Å². The lowest BCUT2D eigenvalue weighted by Gasteiger charge is -2.12. The third-order valence-electron chi connectivity index (χ3n) is 2.39. The smallest absolute Gasteiger partial charge is 0.242 e. The van der Waals surface area contributed by atoms with Gasteiger partial charge in [0.05, 0.1) is 4.90 Å². The Hall–Kier alpha value is -1.20. The second kappa shape index (κ2) is 4.76. The predicted octanol–water partition coefficient (Wildman–Crippen LogP) is 1.24. The minimum absolute atomic E-state index is 0.212. The van der Waals surface area contributed by atoms with Crippen molar-refractivity contribution < 1.29 is 13.2 Å². The van der Waals surface area contributed by atoms with Crippen molar-refractivity contribution in [2.75, 3.05) is 14.1 Å². The van der Waals surface area contributed by atoms with E-state index in [1.165, 1.54) is 26.2 Å². The van der Waals surface area contributed by atoms with Crippen LogP contribution in [0.25, 0.3) is 0 Å². The third-order valence-corrected chi connectivity index (χ3v) is 4.22. The van der Waals surface area contributed by atoms with E-state index in [0.29, 0.717) is 0 Å². The Kier molecular flexibility index (Phi) is 3.83. The van der Waals surface area contributed by atoms with Crippen LogP contribution in [-0.2, 0) is 14.8 Å². The molecule has 1 aromatic carbocycles. The average molecular weight is 241 g/mol. The molecule has 1 aromatic rings. The highest BCUT2D eigenvalue weighted by Gasteiger charge is 2.16. The van der Waals surface area contributed by atoms with E-state index in [1.807, 2.05) is 0 Å². The molecule has 1 atom stereocenters. The minimum Gasteiger partial charge on any atom is -0.303 e. The molecule has 0 heterocycles. The van der Waals surface area contributed by atoms with Crippen LogP contribution < -0.4 is 0 Å². The van der Waals surface area contributed by atoms with Crippen LogP contribution >= 0.6 is 0 Å². The summed E-state index contributed by atoms with van der Waals surface area (Å²) >= 11 is 0. The zero-order valence-electron chi connectivity index (χ0n) is 9.54. The van der Waals surface area contributed by atoms with Crippen molar-refractivity contribution in [2.45, 2.75) is 17.7 Å². The molecule has 0 N–H and O–H groups in total. The molecule has 1 rings (SSSR count). The molecule has 1 unspecified atom stereocenters. The maximum Gasteiger partial charge on any atom is 0.242 e. The van der Waals surface area contributed by atoms with E-state index >= 15 is 0 Å². The highest BCUT2D eigenvalue weighted by Crippen LogP contribution is 2.18. The summed E-state index contributed by atoms with van der Waals surface area (Å²) in [5.41, 5.74) is 0.813. The molecule has 16 heavy (non-hydrogen) atoms. The summed E-state index contributed by atoms with van der Waals surface area (Å²) in [6, 6.07) is 6.36. The number of hydrogen-bond acceptors (Lipinski definition) is 3. The van der Waals surface area contributed by atoms with Crippen LogP contribution in [0.2, 0.25) is 0 Å². The minimum atomic E-state index is -3.38. The molecular formula is C11H15NO3S. The lowest BCUT2D eigenvalue weighted by molar-refractivity contribution is -0.108. The van der Waals surface area contributed by atoms with E-state index in [9.17, 15) is 13.2 Å². The first-order valence-corrected chi connectivity index (χ1v) is 6.31. The molecule has 0 saturated carbocycles. The van der Waals surface area contributed by atoms with Gasteiger partial charge in [0.2, 0.25) is 10.0 Å². The molecule has 5 heteroatoms. The molecule has 0 spiro atoms. The van der Waals surface area contributed by atoms with Gasteiger partial charge in [0, 0.05) is 20.0 Å². The van der Waals surface area contributed by atoms with Crippen molar-refractivity contribution in [2.24, 2.45) is 0 Å². The van der Waals surface area contributed by atoms with Gasteiger partial charge in [-0.1, -0.05) is 19.1 Å². The largest absolute Gasteiger partial charge is 0.303 e. The second-order valence-corrected chi connectivity index (χ2v) is 5.93. The van der Waals surface area contributed by atoms with E-state index in [4.69, 9.17) is 0 Å². The number of benzene rings is 1. The fraction of sp³-hybridized carbons (Fsp3) is 0.364. The van der Waals surface area contributed by atoms with E-state index in [2.05, 4.69) is 0 Å². The molecule has 0 bridgehead atoms. The van der Waals surface area contributed by atoms with Crippen LogP contribution in [0.4, 0.5) is 0 Å². The Labute approximate surface area is 95.9 Å². The number of hydrogen-bond donors (Lipinski definition) is 0. The first-order valence-electron chi connectivity index (χ1n) is 4.87. The van der Waals surface area contributed by atoms with Crippen molar-refractivity contribution in [3.8, 4) is 0 Å². The monoisotopic (exact) mass is 241 g/mol. The molecule has 0 aliphatic carbocycles. The summed E-state index contributed by atoms with van der Waals surface area (Å²) in [6.45, 7) is 1.77. The van der Waals surface area contributed by atoms with Gasteiger partial charge in [-0.3, -0.25) is 0 Å². The quantitative estimate of drug-likeness (QED) is 0.745. The molecule has 88 valence electrons. The standard InChI is InChI=1S/C11H15NO3S/c1-9(8-13)10-4-6-11(7-5-10)16(14,15)12(2)3/h4-9H,1-3H3. The molecule has 0 aliphatic rings. The fourth-order valence-electron chi connectivity index (χ4n) is 1.23. The molecule has 0 aromatic heterocycles. The first kappa shape index (κ1) is 12.9. The Morgan fingerprint density at radius 2 is 1.69 bits per heavy atom. The summed E-state index contributed by atoms with van der Waals surface area (Å²) in [4.78, 5) is 10.8. The number of carbonyl (C=O) groups excluding carboxylic acids is 1. The van der Waals surface area contributed by atoms with Crippen LogP contribution in [-0.4, -0.2) is 33.1 Å². The normalized spacial score (nSPS) is 13.8. The Morgan fingerprint density at radius 1 is 1.19 bits per heavy atom. The molecular weight excluding hydrogens is 226 g/mol. The van der Waals surface area contributed by atoms with Gasteiger partial charge in [0.1, 0.15) is 6.29 Å². The van der Waals surface area contributed by atoms with Crippen LogP contribution in [0.15, 0.2) is 29.2 Å². The maximum atomic E-state index is 11.7. The molecule has 0 aliphatic heterocycles. The highest BCUT2D eigenvalue weighted by atomic mass is 32.2. The van der Waals surface area contributed by atoms with Crippen LogP contribution in [0.1, 0.15) is 18.4 Å². The van der Waals surface area contributed by atoms with Crippen molar-refractivity contribution in [1.82, 2.24) is 4.31 Å². The Morgan fingerprint density at radius 3 is 2.06 bits per heavy atom. The van der Waals surface area contributed by atoms with E-state index in [1.54, 1.807) is 19.1 Å². The Bertz CT molecular complexity index is 463. The first-order chi connectivity index (χ1) is 7.39. The van der Waals surface area contributed by atoms with Gasteiger partial charge in [-0.25, -0.2) is 12.7 Å². The van der Waals surface area contributed by atoms with Gasteiger partial charge >= 0.3 is 0 Å². The van der Waals surface area contributed by atoms with Crippen molar-refractivity contribution >= 4 is 16.3 Å². The number of rotatable bonds is 4. The lowest BCUT2D eigenvalue weighted by atomic mass is 10.0. The molecule has 4 nitrogen and oxygen atoms in total. The summed E-state index contributed by atoms with van der Waals surface area (Å²) in [5, 5.41) is 0. The van der Waals surface area contributed by atoms with Gasteiger partial charge < -0.3 is 4.79 Å². The van der Waals surface area contributed by atoms with E-state index < -0.39 is 10.0 Å². The third kappa shape index (κ3) is 2.48. The summed E-state index contributed by atoms with van der Waals surface area (Å²) in [6.07, 6.45) is 0.829. The van der Waals surface area contributed by atoms with Crippen LogP contribution in [0.3, 0.4) is 0 Å². The molecule has 0 radical (unpaired) electrons. The van der Waals surface area contributed by atoms with Crippen LogP contribution in [0, 0.1) is 0 Å². The zero-order chi connectivity index (χ0) is 12.3. The molecule has 0 saturated heterocycles. The number of nitrogens with zero attached hydrogens (tertiary/aromatic N) is 1. The number of aldehydes is 1. The van der Waals surface area contributed by atoms with Crippen LogP contribution in [0.5, 0.6) is 0 Å². The van der Waals surface area contributed by atoms with Crippen molar-refractivity contribution in [3.05, 3.63) is 29.8 Å². The van der Waals surface area contributed by atoms with Crippen molar-refractivity contribution in [3.63, 3.8) is 0 Å². The summed E-state index contributed by atoms with van der Waals surface area (Å²) in [5.74, 6) is -0.212. The van der Waals surface area contributed by atoms with Gasteiger partial charge in [-0.05, 0) is 17.7 Å². The molecule has 0 amide bonds. The summed E-state index contributed by atoms with van der Waals surface area (Å²) in [7, 11) is -0.414. The summed E-state index contributed by atoms with van der Waals surface area (Å²) < 4.78 is 24.6. The van der Waals surface area contributed by atoms with E-state index in [0.717, 1.165) is 16.2 Å². The number of sulfonamides is 1. The van der Waals surface area contributed by atoms with Gasteiger partial charge in [0.25, 0.3) is 0 Å². The van der Waals surface area contributed by atoms with Gasteiger partial charge in [-0.15, -0.1) is 0 Å². The fourth-order valence-corrected chi connectivity index (χ4v) is 2.13. The second-order valence-electron chi connectivity index (χ2n) is 3.78. The lowest BCUT2D eigenvalue weighted by Crippen LogP contribution is -2.22. The number of carbonyl (C=O) groups is 1. The highest BCUT2D eigenvalue weighted by molar-refractivity contribution is 7.89. The average Bonchev–Trinajstić information content (AvgIpc) is 2.28. The van der Waals surface area contributed by atoms with Gasteiger partial charge in [-0.2, -0.15) is 0 Å². The predicted molar refractivity (Wildman–Crippen MR) is 61.8 cm³/mol. The van der Waals surface area contributed by atoms with Gasteiger partial charge in [0.15, 0.2) is 0 Å².